The Morgan fingerprint density at radius 1 is 1.50 bits per heavy atom. The number of aromatic nitrogens is 3. The summed E-state index contributed by atoms with van der Waals surface area (Å²) in [7, 11) is 0. The molecular weight excluding hydrogens is 274 g/mol. The minimum Gasteiger partial charge on any atom is -0.381 e. The fourth-order valence-electron chi connectivity index (χ4n) is 2.86. The molecule has 0 bridgehead atoms. The summed E-state index contributed by atoms with van der Waals surface area (Å²) >= 11 is 5.92. The molecule has 1 atom stereocenters. The lowest BCUT2D eigenvalue weighted by Gasteiger charge is -2.23. The Hall–Kier alpha value is -1.13. The zero-order valence-electron chi connectivity index (χ0n) is 11.8. The third-order valence-corrected chi connectivity index (χ3v) is 4.12. The number of ether oxygens (including phenoxy) is 1. The molecule has 0 radical (unpaired) electrons. The van der Waals surface area contributed by atoms with E-state index in [-0.39, 0.29) is 0 Å². The molecule has 5 heteroatoms. The van der Waals surface area contributed by atoms with Gasteiger partial charge in [0.15, 0.2) is 5.65 Å². The van der Waals surface area contributed by atoms with Crippen LogP contribution in [0.15, 0.2) is 12.3 Å². The van der Waals surface area contributed by atoms with Crippen LogP contribution in [0.2, 0.25) is 0 Å². The van der Waals surface area contributed by atoms with Crippen LogP contribution in [0.3, 0.4) is 0 Å². The molecule has 0 aromatic carbocycles. The number of hydrogen-bond acceptors (Lipinski definition) is 3. The van der Waals surface area contributed by atoms with Crippen LogP contribution < -0.4 is 0 Å². The van der Waals surface area contributed by atoms with E-state index in [2.05, 4.69) is 16.5 Å². The smallest absolute Gasteiger partial charge is 0.160 e. The van der Waals surface area contributed by atoms with Gasteiger partial charge in [-0.05, 0) is 31.4 Å². The van der Waals surface area contributed by atoms with Gasteiger partial charge in [0.1, 0.15) is 11.3 Å². The molecule has 0 spiro atoms. The van der Waals surface area contributed by atoms with Gasteiger partial charge in [0.2, 0.25) is 0 Å². The Labute approximate surface area is 124 Å². The summed E-state index contributed by atoms with van der Waals surface area (Å²) in [6, 6.07) is 2.01. The van der Waals surface area contributed by atoms with Crippen LogP contribution >= 0.6 is 11.6 Å². The second kappa shape index (κ2) is 6.10. The van der Waals surface area contributed by atoms with Gasteiger partial charge >= 0.3 is 0 Å². The van der Waals surface area contributed by atoms with E-state index in [9.17, 15) is 0 Å². The zero-order chi connectivity index (χ0) is 13.9. The summed E-state index contributed by atoms with van der Waals surface area (Å²) in [5.41, 5.74) is 3.16. The number of imidazole rings is 1. The van der Waals surface area contributed by atoms with E-state index in [0.717, 1.165) is 49.6 Å². The van der Waals surface area contributed by atoms with Crippen molar-refractivity contribution in [2.75, 3.05) is 19.1 Å². The second-order valence-electron chi connectivity index (χ2n) is 5.46. The van der Waals surface area contributed by atoms with Crippen molar-refractivity contribution in [1.82, 2.24) is 14.5 Å². The maximum absolute atomic E-state index is 5.92. The minimum absolute atomic E-state index is 0.553. The highest BCUT2D eigenvalue weighted by Crippen LogP contribution is 2.22. The lowest BCUT2D eigenvalue weighted by atomic mass is 10.0. The monoisotopic (exact) mass is 293 g/mol. The minimum atomic E-state index is 0.553. The number of fused-ring (bicyclic) bond motifs is 1. The topological polar surface area (TPSA) is 39.9 Å². The fraction of sp³-hybridized carbons (Fsp3) is 0.600. The van der Waals surface area contributed by atoms with E-state index in [4.69, 9.17) is 21.3 Å². The van der Waals surface area contributed by atoms with E-state index in [1.165, 1.54) is 12.0 Å². The Balaban J connectivity index is 1.97. The molecule has 1 fully saturated rings. The summed E-state index contributed by atoms with van der Waals surface area (Å²) in [5.74, 6) is 2.18. The van der Waals surface area contributed by atoms with Crippen LogP contribution in [0.25, 0.3) is 11.2 Å². The van der Waals surface area contributed by atoms with Crippen molar-refractivity contribution in [2.24, 2.45) is 5.92 Å². The molecule has 1 saturated heterocycles. The standard InChI is InChI=1S/C15H20ClN3O/c1-11-5-7-17-15-14(11)18-13(4-6-16)19(15)9-12-3-2-8-20-10-12/h5,7,12H,2-4,6,8-10H2,1H3. The van der Waals surface area contributed by atoms with Crippen LogP contribution in [-0.2, 0) is 17.7 Å². The van der Waals surface area contributed by atoms with E-state index in [1.807, 2.05) is 12.3 Å². The van der Waals surface area contributed by atoms with Crippen molar-refractivity contribution in [1.29, 1.82) is 0 Å². The van der Waals surface area contributed by atoms with Crippen molar-refractivity contribution in [3.05, 3.63) is 23.7 Å². The molecule has 3 heterocycles. The number of aryl methyl sites for hydroxylation is 2. The molecule has 4 nitrogen and oxygen atoms in total. The lowest BCUT2D eigenvalue weighted by Crippen LogP contribution is -2.23. The van der Waals surface area contributed by atoms with Gasteiger partial charge in [0, 0.05) is 37.6 Å². The highest BCUT2D eigenvalue weighted by molar-refractivity contribution is 6.17. The SMILES string of the molecule is Cc1ccnc2c1nc(CCCl)n2CC1CCCOC1. The first-order chi connectivity index (χ1) is 9.79. The maximum Gasteiger partial charge on any atom is 0.160 e. The van der Waals surface area contributed by atoms with Gasteiger partial charge in [0.25, 0.3) is 0 Å². The molecule has 0 amide bonds. The predicted molar refractivity (Wildman–Crippen MR) is 80.2 cm³/mol. The molecule has 0 aliphatic carbocycles. The first-order valence-electron chi connectivity index (χ1n) is 7.24. The first kappa shape index (κ1) is 13.8. The van der Waals surface area contributed by atoms with Gasteiger partial charge in [-0.2, -0.15) is 0 Å². The number of hydrogen-bond donors (Lipinski definition) is 0. The summed E-state index contributed by atoms with van der Waals surface area (Å²) < 4.78 is 7.83. The van der Waals surface area contributed by atoms with Gasteiger partial charge in [-0.1, -0.05) is 0 Å². The van der Waals surface area contributed by atoms with E-state index >= 15 is 0 Å². The molecular formula is C15H20ClN3O. The average molecular weight is 294 g/mol. The van der Waals surface area contributed by atoms with Gasteiger partial charge in [-0.3, -0.25) is 0 Å². The summed E-state index contributed by atoms with van der Waals surface area (Å²) in [4.78, 5) is 9.27. The molecule has 0 N–H and O–H groups in total. The van der Waals surface area contributed by atoms with Gasteiger partial charge < -0.3 is 9.30 Å². The van der Waals surface area contributed by atoms with Crippen LogP contribution in [0.1, 0.15) is 24.2 Å². The summed E-state index contributed by atoms with van der Waals surface area (Å²) in [6.07, 6.45) is 5.00. The Morgan fingerprint density at radius 2 is 2.40 bits per heavy atom. The first-order valence-corrected chi connectivity index (χ1v) is 7.77. The van der Waals surface area contributed by atoms with Crippen molar-refractivity contribution >= 4 is 22.8 Å². The lowest BCUT2D eigenvalue weighted by molar-refractivity contribution is 0.0484. The van der Waals surface area contributed by atoms with E-state index in [0.29, 0.717) is 11.8 Å². The van der Waals surface area contributed by atoms with Gasteiger partial charge in [-0.15, -0.1) is 11.6 Å². The number of halogens is 1. The van der Waals surface area contributed by atoms with E-state index in [1.54, 1.807) is 0 Å². The molecule has 20 heavy (non-hydrogen) atoms. The van der Waals surface area contributed by atoms with Crippen LogP contribution in [-0.4, -0.2) is 33.6 Å². The quantitative estimate of drug-likeness (QED) is 0.814. The van der Waals surface area contributed by atoms with Crippen molar-refractivity contribution in [2.45, 2.75) is 32.7 Å². The van der Waals surface area contributed by atoms with Crippen molar-refractivity contribution < 1.29 is 4.74 Å². The predicted octanol–water partition coefficient (Wildman–Crippen LogP) is 2.95. The van der Waals surface area contributed by atoms with Crippen LogP contribution in [0, 0.1) is 12.8 Å². The Bertz CT molecular complexity index is 590. The molecule has 2 aromatic heterocycles. The third kappa shape index (κ3) is 2.67. The average Bonchev–Trinajstić information content (AvgIpc) is 2.81. The molecule has 1 aliphatic rings. The highest BCUT2D eigenvalue weighted by Gasteiger charge is 2.19. The molecule has 108 valence electrons. The van der Waals surface area contributed by atoms with Crippen molar-refractivity contribution in [3.63, 3.8) is 0 Å². The summed E-state index contributed by atoms with van der Waals surface area (Å²) in [6.45, 7) is 4.74. The molecule has 1 aliphatic heterocycles. The van der Waals surface area contributed by atoms with Gasteiger partial charge in [-0.25, -0.2) is 9.97 Å². The third-order valence-electron chi connectivity index (χ3n) is 3.93. The van der Waals surface area contributed by atoms with E-state index < -0.39 is 0 Å². The van der Waals surface area contributed by atoms with Crippen LogP contribution in [0.4, 0.5) is 0 Å². The maximum atomic E-state index is 5.92. The Morgan fingerprint density at radius 3 is 3.15 bits per heavy atom. The second-order valence-corrected chi connectivity index (χ2v) is 5.84. The van der Waals surface area contributed by atoms with Crippen LogP contribution in [0.5, 0.6) is 0 Å². The number of alkyl halides is 1. The largest absolute Gasteiger partial charge is 0.381 e. The Kier molecular flexibility index (Phi) is 4.22. The molecule has 3 rings (SSSR count). The number of nitrogens with zero attached hydrogens (tertiary/aromatic N) is 3. The van der Waals surface area contributed by atoms with Gasteiger partial charge in [0.05, 0.1) is 6.61 Å². The van der Waals surface area contributed by atoms with Crippen molar-refractivity contribution in [3.8, 4) is 0 Å². The normalized spacial score (nSPS) is 19.6. The molecule has 0 saturated carbocycles. The summed E-state index contributed by atoms with van der Waals surface area (Å²) in [5, 5.41) is 0. The zero-order valence-corrected chi connectivity index (χ0v) is 12.6. The number of pyridine rings is 1. The molecule has 1 unspecified atom stereocenters. The number of rotatable bonds is 4. The fourth-order valence-corrected chi connectivity index (χ4v) is 3.03. The molecule has 2 aromatic rings. The highest BCUT2D eigenvalue weighted by atomic mass is 35.5.